The van der Waals surface area contributed by atoms with Crippen LogP contribution in [0.15, 0.2) is 34.9 Å². The lowest BCUT2D eigenvalue weighted by Gasteiger charge is -2.34. The van der Waals surface area contributed by atoms with Gasteiger partial charge in [-0.1, -0.05) is 25.0 Å². The van der Waals surface area contributed by atoms with Gasteiger partial charge in [-0.15, -0.1) is 0 Å². The number of nitrogens with one attached hydrogen (secondary N) is 1. The van der Waals surface area contributed by atoms with Crippen LogP contribution in [-0.4, -0.2) is 51.4 Å². The fourth-order valence-corrected chi connectivity index (χ4v) is 8.18. The number of benzene rings is 1. The van der Waals surface area contributed by atoms with Gasteiger partial charge in [0.25, 0.3) is 0 Å². The van der Waals surface area contributed by atoms with Gasteiger partial charge in [-0.3, -0.25) is 4.79 Å². The van der Waals surface area contributed by atoms with Gasteiger partial charge >= 0.3 is 6.09 Å². The van der Waals surface area contributed by atoms with E-state index in [4.69, 9.17) is 25.3 Å². The zero-order valence-electron chi connectivity index (χ0n) is 26.1. The number of alkyl carbamates (subject to hydrolysis) is 1. The summed E-state index contributed by atoms with van der Waals surface area (Å²) in [6.07, 6.45) is 9.29. The molecule has 44 heavy (non-hydrogen) atoms. The van der Waals surface area contributed by atoms with Crippen molar-refractivity contribution in [1.29, 1.82) is 0 Å². The van der Waals surface area contributed by atoms with Gasteiger partial charge < -0.3 is 25.4 Å². The number of nitrogens with two attached hydrogens (primary N) is 1. The van der Waals surface area contributed by atoms with Crippen LogP contribution in [0.2, 0.25) is 0 Å². The number of anilines is 1. The fraction of sp³-hybridized carbons (Fsp3) is 0.576. The number of aromatic nitrogens is 3. The number of ether oxygens (including phenoxy) is 2. The second-order valence-corrected chi connectivity index (χ2v) is 14.6. The van der Waals surface area contributed by atoms with E-state index in [9.17, 15) is 9.59 Å². The summed E-state index contributed by atoms with van der Waals surface area (Å²) in [5, 5.41) is 7.94. The number of hydrogen-bond donors (Lipinski definition) is 2. The Balaban J connectivity index is 1.44. The fourth-order valence-electron chi connectivity index (χ4n) is 7.83. The number of rotatable bonds is 8. The van der Waals surface area contributed by atoms with Crippen molar-refractivity contribution in [3.63, 3.8) is 0 Å². The van der Waals surface area contributed by atoms with Gasteiger partial charge in [-0.25, -0.2) is 9.78 Å². The minimum Gasteiger partial charge on any atom is -0.497 e. The Morgan fingerprint density at radius 3 is 2.57 bits per heavy atom. The number of fused-ring (bicyclic) bond motifs is 3. The summed E-state index contributed by atoms with van der Waals surface area (Å²) >= 11 is 3.72. The molecule has 3 atom stereocenters. The summed E-state index contributed by atoms with van der Waals surface area (Å²) in [6, 6.07) is 8.30. The molecule has 10 nitrogen and oxygen atoms in total. The van der Waals surface area contributed by atoms with Crippen molar-refractivity contribution in [3.05, 3.63) is 51.8 Å². The Kier molecular flexibility index (Phi) is 8.28. The number of hydrogen-bond acceptors (Lipinski definition) is 7. The molecule has 3 aliphatic carbocycles. The maximum Gasteiger partial charge on any atom is 0.407 e. The van der Waals surface area contributed by atoms with Crippen LogP contribution in [0.25, 0.3) is 5.65 Å². The molecule has 3 N–H and O–H groups in total. The lowest BCUT2D eigenvalue weighted by molar-refractivity contribution is -0.119. The number of amides is 2. The molecule has 6 rings (SSSR count). The quantitative estimate of drug-likeness (QED) is 0.311. The zero-order valence-corrected chi connectivity index (χ0v) is 27.7. The van der Waals surface area contributed by atoms with Gasteiger partial charge in [0, 0.05) is 36.0 Å². The first-order valence-electron chi connectivity index (χ1n) is 15.7. The van der Waals surface area contributed by atoms with E-state index in [2.05, 4.69) is 38.3 Å². The lowest BCUT2D eigenvalue weighted by Crippen LogP contribution is -2.40. The van der Waals surface area contributed by atoms with Gasteiger partial charge in [-0.05, 0) is 98.8 Å². The third kappa shape index (κ3) is 5.87. The maximum atomic E-state index is 12.7. The molecule has 0 aliphatic heterocycles. The first-order valence-corrected chi connectivity index (χ1v) is 16.5. The summed E-state index contributed by atoms with van der Waals surface area (Å²) in [7, 11) is 1.67. The summed E-state index contributed by atoms with van der Waals surface area (Å²) in [5.74, 6) is 1.68. The molecule has 0 saturated heterocycles. The van der Waals surface area contributed by atoms with E-state index in [1.807, 2.05) is 43.6 Å². The van der Waals surface area contributed by atoms with Crippen LogP contribution in [0.1, 0.15) is 89.0 Å². The number of methoxy groups -OCH3 is 1. The van der Waals surface area contributed by atoms with Crippen LogP contribution in [-0.2, 0) is 27.9 Å². The molecule has 11 heteroatoms. The summed E-state index contributed by atoms with van der Waals surface area (Å²) in [5.41, 5.74) is 9.30. The maximum absolute atomic E-state index is 12.7. The number of carbonyl (C=O) groups excluding carboxylic acids is 2. The molecule has 2 heterocycles. The minimum absolute atomic E-state index is 0.00765. The lowest BCUT2D eigenvalue weighted by atomic mass is 9.74. The van der Waals surface area contributed by atoms with Crippen LogP contribution in [0, 0.1) is 5.92 Å². The Bertz CT molecular complexity index is 1540. The summed E-state index contributed by atoms with van der Waals surface area (Å²) in [6.45, 7) is 6.27. The van der Waals surface area contributed by atoms with E-state index in [0.29, 0.717) is 13.0 Å². The monoisotopic (exact) mass is 666 g/mol. The Labute approximate surface area is 267 Å². The van der Waals surface area contributed by atoms with Crippen molar-refractivity contribution >= 4 is 39.4 Å². The van der Waals surface area contributed by atoms with E-state index in [-0.39, 0.29) is 35.4 Å². The van der Waals surface area contributed by atoms with Crippen molar-refractivity contribution in [2.75, 3.05) is 12.0 Å². The smallest absolute Gasteiger partial charge is 0.407 e. The minimum atomic E-state index is -0.559. The molecular weight excluding hydrogens is 624 g/mol. The normalized spacial score (nSPS) is 22.3. The van der Waals surface area contributed by atoms with E-state index in [1.165, 1.54) is 5.56 Å². The SMILES string of the molecule is COc1ccc(CN(c2c3c(nc4c(Br)cnn24)C2(CCCC2)C(CC(N)=O)C3)[C@H]2CC[C@H](NC(=O)OC(C)(C)C)C2)cc1. The molecule has 1 unspecified atom stereocenters. The van der Waals surface area contributed by atoms with Gasteiger partial charge in [-0.2, -0.15) is 9.61 Å². The highest BCUT2D eigenvalue weighted by atomic mass is 79.9. The van der Waals surface area contributed by atoms with Crippen molar-refractivity contribution < 1.29 is 19.1 Å². The van der Waals surface area contributed by atoms with Crippen LogP contribution < -0.4 is 20.7 Å². The van der Waals surface area contributed by atoms with Gasteiger partial charge in [0.1, 0.15) is 17.2 Å². The Morgan fingerprint density at radius 1 is 1.18 bits per heavy atom. The average Bonchev–Trinajstić information content (AvgIpc) is 3.75. The molecule has 2 aromatic heterocycles. The van der Waals surface area contributed by atoms with Crippen molar-refractivity contribution in [2.24, 2.45) is 11.7 Å². The highest BCUT2D eigenvalue weighted by Crippen LogP contribution is 2.56. The second kappa shape index (κ2) is 11.9. The van der Waals surface area contributed by atoms with E-state index < -0.39 is 5.60 Å². The van der Waals surface area contributed by atoms with Gasteiger partial charge in [0.05, 0.1) is 23.5 Å². The number of carbonyl (C=O) groups is 2. The van der Waals surface area contributed by atoms with Gasteiger partial charge in [0.2, 0.25) is 5.91 Å². The topological polar surface area (TPSA) is 124 Å². The Hall–Kier alpha value is -3.34. The van der Waals surface area contributed by atoms with Crippen LogP contribution in [0.3, 0.4) is 0 Å². The third-order valence-corrected chi connectivity index (χ3v) is 10.2. The van der Waals surface area contributed by atoms with Crippen molar-refractivity contribution in [1.82, 2.24) is 19.9 Å². The molecule has 236 valence electrons. The average molecular weight is 668 g/mol. The van der Waals surface area contributed by atoms with Crippen molar-refractivity contribution in [3.8, 4) is 5.75 Å². The first-order chi connectivity index (χ1) is 21.0. The zero-order chi connectivity index (χ0) is 31.2. The molecule has 1 aromatic carbocycles. The second-order valence-electron chi connectivity index (χ2n) is 13.7. The molecule has 2 saturated carbocycles. The number of nitrogens with zero attached hydrogens (tertiary/aromatic N) is 4. The predicted octanol–water partition coefficient (Wildman–Crippen LogP) is 5.81. The predicted molar refractivity (Wildman–Crippen MR) is 172 cm³/mol. The van der Waals surface area contributed by atoms with Gasteiger partial charge in [0.15, 0.2) is 5.65 Å². The molecule has 1 spiro atoms. The molecule has 2 fully saturated rings. The highest BCUT2D eigenvalue weighted by Gasteiger charge is 2.52. The van der Waals surface area contributed by atoms with Crippen LogP contribution in [0.4, 0.5) is 10.6 Å². The van der Waals surface area contributed by atoms with E-state index >= 15 is 0 Å². The molecular formula is C33H43BrN6O4. The number of primary amides is 1. The Morgan fingerprint density at radius 2 is 1.91 bits per heavy atom. The first kappa shape index (κ1) is 30.7. The molecule has 3 aromatic rings. The highest BCUT2D eigenvalue weighted by molar-refractivity contribution is 9.10. The summed E-state index contributed by atoms with van der Waals surface area (Å²) in [4.78, 5) is 32.8. The standard InChI is InChI=1S/C33H43BrN6O4/c1-32(2,3)44-31(42)37-22-9-10-23(17-22)39(19-20-7-11-24(43-4)12-8-20)30-25-15-21(16-27(35)41)33(13-5-6-14-33)28(25)38-29-26(34)18-36-40(29)30/h7-8,11-12,18,21-23H,5-6,9-10,13-17,19H2,1-4H3,(H2,35,41)(H,37,42)/t21?,22-,23-/m0/s1. The third-order valence-electron chi connectivity index (χ3n) is 9.67. The molecule has 0 radical (unpaired) electrons. The number of halogens is 1. The van der Waals surface area contributed by atoms with Crippen molar-refractivity contribution in [2.45, 2.75) is 108 Å². The molecule has 3 aliphatic rings. The van der Waals surface area contributed by atoms with Crippen LogP contribution >= 0.6 is 15.9 Å². The van der Waals surface area contributed by atoms with E-state index in [0.717, 1.165) is 84.3 Å². The van der Waals surface area contributed by atoms with E-state index in [1.54, 1.807) is 7.11 Å². The molecule has 0 bridgehead atoms. The molecule has 2 amide bonds. The largest absolute Gasteiger partial charge is 0.497 e. The van der Waals surface area contributed by atoms with Crippen LogP contribution in [0.5, 0.6) is 5.75 Å². The summed E-state index contributed by atoms with van der Waals surface area (Å²) < 4.78 is 13.8.